The number of ether oxygens (including phenoxy) is 1. The van der Waals surface area contributed by atoms with Gasteiger partial charge in [-0.15, -0.1) is 0 Å². The van der Waals surface area contributed by atoms with Gasteiger partial charge < -0.3 is 14.6 Å². The second kappa shape index (κ2) is 7.62. The van der Waals surface area contributed by atoms with Crippen LogP contribution in [-0.4, -0.2) is 17.6 Å². The molecule has 0 spiro atoms. The molecule has 3 aromatic rings. The topological polar surface area (TPSA) is 60.3 Å². The second-order valence-corrected chi connectivity index (χ2v) is 6.41. The molecule has 2 aromatic carbocycles. The van der Waals surface area contributed by atoms with Crippen molar-refractivity contribution in [1.82, 2.24) is 4.57 Å². The van der Waals surface area contributed by atoms with Crippen LogP contribution in [0.15, 0.2) is 53.3 Å². The minimum Gasteiger partial charge on any atom is -0.495 e. The third-order valence-corrected chi connectivity index (χ3v) is 4.46. The van der Waals surface area contributed by atoms with Crippen molar-refractivity contribution in [1.29, 1.82) is 0 Å². The zero-order chi connectivity index (χ0) is 18.7. The number of anilines is 1. The van der Waals surface area contributed by atoms with Crippen molar-refractivity contribution in [2.24, 2.45) is 0 Å². The third kappa shape index (κ3) is 3.73. The Bertz CT molecular complexity index is 1030. The van der Waals surface area contributed by atoms with Crippen LogP contribution >= 0.6 is 11.6 Å². The molecule has 1 amide bonds. The Labute approximate surface area is 156 Å². The van der Waals surface area contributed by atoms with Crippen LogP contribution in [0.5, 0.6) is 5.75 Å². The fourth-order valence-corrected chi connectivity index (χ4v) is 3.11. The molecule has 0 bridgehead atoms. The molecule has 0 aliphatic heterocycles. The summed E-state index contributed by atoms with van der Waals surface area (Å²) in [5.41, 5.74) is 2.14. The molecular weight excluding hydrogens is 352 g/mol. The Kier molecular flexibility index (Phi) is 5.28. The van der Waals surface area contributed by atoms with Crippen LogP contribution in [0.25, 0.3) is 10.9 Å². The number of methoxy groups -OCH3 is 1. The van der Waals surface area contributed by atoms with Crippen molar-refractivity contribution < 1.29 is 9.53 Å². The molecule has 0 aliphatic rings. The molecule has 3 rings (SSSR count). The SMILES string of the molecule is COc1ccc(Cl)cc1NC(=O)CCn1c(=O)cc(C)c2ccccc21. The summed E-state index contributed by atoms with van der Waals surface area (Å²) in [5, 5.41) is 4.29. The Balaban J connectivity index is 1.80. The maximum Gasteiger partial charge on any atom is 0.251 e. The first-order chi connectivity index (χ1) is 12.5. The maximum absolute atomic E-state index is 12.4. The van der Waals surface area contributed by atoms with Gasteiger partial charge in [-0.05, 0) is 36.8 Å². The molecule has 26 heavy (non-hydrogen) atoms. The average Bonchev–Trinajstić information content (AvgIpc) is 2.62. The first-order valence-electron chi connectivity index (χ1n) is 8.22. The van der Waals surface area contributed by atoms with E-state index in [1.54, 1.807) is 28.8 Å². The number of amides is 1. The van der Waals surface area contributed by atoms with E-state index in [2.05, 4.69) is 5.32 Å². The summed E-state index contributed by atoms with van der Waals surface area (Å²) in [5.74, 6) is 0.308. The second-order valence-electron chi connectivity index (χ2n) is 5.98. The summed E-state index contributed by atoms with van der Waals surface area (Å²) in [6, 6.07) is 14.3. The number of fused-ring (bicyclic) bond motifs is 1. The first-order valence-corrected chi connectivity index (χ1v) is 8.60. The zero-order valence-corrected chi connectivity index (χ0v) is 15.3. The van der Waals surface area contributed by atoms with Crippen LogP contribution in [0.3, 0.4) is 0 Å². The molecule has 0 saturated heterocycles. The van der Waals surface area contributed by atoms with E-state index in [9.17, 15) is 9.59 Å². The lowest BCUT2D eigenvalue weighted by Gasteiger charge is -2.13. The highest BCUT2D eigenvalue weighted by atomic mass is 35.5. The van der Waals surface area contributed by atoms with Gasteiger partial charge in [0.15, 0.2) is 0 Å². The largest absolute Gasteiger partial charge is 0.495 e. The van der Waals surface area contributed by atoms with Gasteiger partial charge in [0.25, 0.3) is 5.56 Å². The first kappa shape index (κ1) is 18.0. The number of aromatic nitrogens is 1. The standard InChI is InChI=1S/C20H19ClN2O3/c1-13-11-20(25)23(17-6-4-3-5-15(13)17)10-9-19(24)22-16-12-14(21)7-8-18(16)26-2/h3-8,11-12H,9-10H2,1-2H3,(H,22,24). The van der Waals surface area contributed by atoms with Gasteiger partial charge in [-0.25, -0.2) is 0 Å². The van der Waals surface area contributed by atoms with Gasteiger partial charge in [0.05, 0.1) is 18.3 Å². The number of nitrogens with one attached hydrogen (secondary N) is 1. The van der Waals surface area contributed by atoms with E-state index in [4.69, 9.17) is 16.3 Å². The molecule has 1 heterocycles. The van der Waals surface area contributed by atoms with Crippen molar-refractivity contribution in [2.75, 3.05) is 12.4 Å². The predicted octanol–water partition coefficient (Wildman–Crippen LogP) is 4.00. The summed E-state index contributed by atoms with van der Waals surface area (Å²) in [7, 11) is 1.52. The van der Waals surface area contributed by atoms with E-state index < -0.39 is 0 Å². The zero-order valence-electron chi connectivity index (χ0n) is 14.6. The Morgan fingerprint density at radius 1 is 1.19 bits per heavy atom. The fraction of sp³-hybridized carbons (Fsp3) is 0.200. The van der Waals surface area contributed by atoms with E-state index in [0.717, 1.165) is 16.5 Å². The van der Waals surface area contributed by atoms with Crippen LogP contribution < -0.4 is 15.6 Å². The van der Waals surface area contributed by atoms with Gasteiger partial charge in [0.1, 0.15) is 5.75 Å². The summed E-state index contributed by atoms with van der Waals surface area (Å²) in [4.78, 5) is 24.7. The highest BCUT2D eigenvalue weighted by molar-refractivity contribution is 6.31. The van der Waals surface area contributed by atoms with Crippen molar-refractivity contribution in [3.05, 3.63) is 69.5 Å². The average molecular weight is 371 g/mol. The lowest BCUT2D eigenvalue weighted by Crippen LogP contribution is -2.23. The van der Waals surface area contributed by atoms with Crippen molar-refractivity contribution in [3.63, 3.8) is 0 Å². The summed E-state index contributed by atoms with van der Waals surface area (Å²) in [6.45, 7) is 2.19. The van der Waals surface area contributed by atoms with Gasteiger partial charge in [0, 0.05) is 29.4 Å². The molecule has 0 unspecified atom stereocenters. The number of hydrogen-bond acceptors (Lipinski definition) is 3. The van der Waals surface area contributed by atoms with Crippen molar-refractivity contribution in [2.45, 2.75) is 19.9 Å². The minimum atomic E-state index is -0.220. The Hall–Kier alpha value is -2.79. The summed E-state index contributed by atoms with van der Waals surface area (Å²) in [6.07, 6.45) is 0.155. The lowest BCUT2D eigenvalue weighted by molar-refractivity contribution is -0.116. The monoisotopic (exact) mass is 370 g/mol. The summed E-state index contributed by atoms with van der Waals surface area (Å²) >= 11 is 5.98. The number of pyridine rings is 1. The molecule has 6 heteroatoms. The highest BCUT2D eigenvalue weighted by Crippen LogP contribution is 2.27. The predicted molar refractivity (Wildman–Crippen MR) is 104 cm³/mol. The number of carbonyl (C=O) groups is 1. The minimum absolute atomic E-state index is 0.116. The molecule has 5 nitrogen and oxygen atoms in total. The van der Waals surface area contributed by atoms with Gasteiger partial charge in [-0.1, -0.05) is 29.8 Å². The quantitative estimate of drug-likeness (QED) is 0.738. The summed E-state index contributed by atoms with van der Waals surface area (Å²) < 4.78 is 6.85. The smallest absolute Gasteiger partial charge is 0.251 e. The Morgan fingerprint density at radius 3 is 2.73 bits per heavy atom. The normalized spacial score (nSPS) is 10.7. The third-order valence-electron chi connectivity index (χ3n) is 4.22. The van der Waals surface area contributed by atoms with Gasteiger partial charge in [-0.2, -0.15) is 0 Å². The molecule has 1 N–H and O–H groups in total. The number of para-hydroxylation sites is 1. The van der Waals surface area contributed by atoms with E-state index in [1.807, 2.05) is 31.2 Å². The van der Waals surface area contributed by atoms with Crippen molar-refractivity contribution >= 4 is 34.1 Å². The van der Waals surface area contributed by atoms with Crippen LogP contribution in [-0.2, 0) is 11.3 Å². The molecule has 0 atom stereocenters. The van der Waals surface area contributed by atoms with Crippen LogP contribution in [0.1, 0.15) is 12.0 Å². The number of halogens is 1. The molecule has 134 valence electrons. The van der Waals surface area contributed by atoms with E-state index in [0.29, 0.717) is 16.5 Å². The fourth-order valence-electron chi connectivity index (χ4n) is 2.94. The van der Waals surface area contributed by atoms with Gasteiger partial charge in [0.2, 0.25) is 5.91 Å². The van der Waals surface area contributed by atoms with Crippen molar-refractivity contribution in [3.8, 4) is 5.75 Å². The molecular formula is C20H19ClN2O3. The van der Waals surface area contributed by atoms with Gasteiger partial charge >= 0.3 is 0 Å². The highest BCUT2D eigenvalue weighted by Gasteiger charge is 2.11. The Morgan fingerprint density at radius 2 is 1.96 bits per heavy atom. The van der Waals surface area contributed by atoms with E-state index in [-0.39, 0.29) is 24.4 Å². The number of rotatable bonds is 5. The van der Waals surface area contributed by atoms with E-state index >= 15 is 0 Å². The lowest BCUT2D eigenvalue weighted by atomic mass is 10.1. The molecule has 0 saturated carbocycles. The van der Waals surface area contributed by atoms with Crippen LogP contribution in [0.4, 0.5) is 5.69 Å². The molecule has 1 aromatic heterocycles. The molecule has 0 radical (unpaired) electrons. The van der Waals surface area contributed by atoms with Gasteiger partial charge in [-0.3, -0.25) is 9.59 Å². The number of benzene rings is 2. The maximum atomic E-state index is 12.4. The number of nitrogens with zero attached hydrogens (tertiary/aromatic N) is 1. The molecule has 0 fully saturated rings. The van der Waals surface area contributed by atoms with Crippen LogP contribution in [0, 0.1) is 6.92 Å². The number of hydrogen-bond donors (Lipinski definition) is 1. The van der Waals surface area contributed by atoms with E-state index in [1.165, 1.54) is 7.11 Å². The number of carbonyl (C=O) groups excluding carboxylic acids is 1. The number of aryl methyl sites for hydroxylation is 2. The molecule has 0 aliphatic carbocycles. The van der Waals surface area contributed by atoms with Crippen LogP contribution in [0.2, 0.25) is 5.02 Å².